The smallest absolute Gasteiger partial charge is 0.258 e. The SMILES string of the molecule is C=C/C=C\C(=C/C)COS(=O)(=O)C(F)(F)F.CC. The molecule has 0 aliphatic carbocycles. The van der Waals surface area contributed by atoms with Gasteiger partial charge in [0.25, 0.3) is 0 Å². The standard InChI is InChI=1S/C9H11F3O3S.C2H6/c1-3-5-6-8(4-2)7-15-16(13,14)9(10,11)12;1-2/h3-6H,1,7H2,2H3;1-2H3/b6-5-,8-4+;. The van der Waals surface area contributed by atoms with Crippen molar-refractivity contribution in [2.75, 3.05) is 6.61 Å². The Morgan fingerprint density at radius 3 is 2.17 bits per heavy atom. The maximum atomic E-state index is 11.9. The van der Waals surface area contributed by atoms with Gasteiger partial charge in [0, 0.05) is 0 Å². The molecule has 0 aromatic carbocycles. The van der Waals surface area contributed by atoms with Crippen LogP contribution in [0.25, 0.3) is 0 Å². The van der Waals surface area contributed by atoms with Crippen LogP contribution in [0.15, 0.2) is 36.5 Å². The minimum absolute atomic E-state index is 0.299. The number of hydrogen-bond donors (Lipinski definition) is 0. The first-order valence-electron chi connectivity index (χ1n) is 5.14. The third-order valence-corrected chi connectivity index (χ3v) is 2.48. The molecule has 0 N–H and O–H groups in total. The molecule has 0 aromatic rings. The zero-order valence-corrected chi connectivity index (χ0v) is 11.3. The molecule has 7 heteroatoms. The Bertz CT molecular complexity index is 392. The fraction of sp³-hybridized carbons (Fsp3) is 0.455. The Hall–Kier alpha value is -1.08. The van der Waals surface area contributed by atoms with E-state index in [4.69, 9.17) is 0 Å². The lowest BCUT2D eigenvalue weighted by atomic mass is 10.2. The summed E-state index contributed by atoms with van der Waals surface area (Å²) in [5, 5.41) is 0. The highest BCUT2D eigenvalue weighted by Crippen LogP contribution is 2.24. The number of rotatable bonds is 5. The Balaban J connectivity index is 0. The second kappa shape index (κ2) is 8.93. The van der Waals surface area contributed by atoms with E-state index in [-0.39, 0.29) is 0 Å². The zero-order valence-electron chi connectivity index (χ0n) is 10.5. The van der Waals surface area contributed by atoms with E-state index in [1.54, 1.807) is 6.92 Å². The molecule has 106 valence electrons. The molecule has 3 nitrogen and oxygen atoms in total. The van der Waals surface area contributed by atoms with Crippen molar-refractivity contribution >= 4 is 10.1 Å². The van der Waals surface area contributed by atoms with Crippen LogP contribution in [0.3, 0.4) is 0 Å². The maximum absolute atomic E-state index is 11.9. The van der Waals surface area contributed by atoms with Crippen LogP contribution in [0.1, 0.15) is 20.8 Å². The van der Waals surface area contributed by atoms with Gasteiger partial charge in [-0.25, -0.2) is 0 Å². The van der Waals surface area contributed by atoms with Crippen LogP contribution in [0.2, 0.25) is 0 Å². The highest BCUT2D eigenvalue weighted by atomic mass is 32.2. The van der Waals surface area contributed by atoms with Crippen LogP contribution in [-0.2, 0) is 14.3 Å². The maximum Gasteiger partial charge on any atom is 0.523 e. The van der Waals surface area contributed by atoms with E-state index in [0.29, 0.717) is 5.57 Å². The summed E-state index contributed by atoms with van der Waals surface area (Å²) in [5.41, 5.74) is -5.10. The van der Waals surface area contributed by atoms with Crippen molar-refractivity contribution in [3.05, 3.63) is 36.5 Å². The van der Waals surface area contributed by atoms with Gasteiger partial charge in [-0.3, -0.25) is 4.18 Å². The summed E-state index contributed by atoms with van der Waals surface area (Å²) < 4.78 is 60.5. The third-order valence-electron chi connectivity index (χ3n) is 1.48. The second-order valence-corrected chi connectivity index (χ2v) is 4.23. The van der Waals surface area contributed by atoms with Gasteiger partial charge < -0.3 is 0 Å². The molecule has 0 fully saturated rings. The highest BCUT2D eigenvalue weighted by molar-refractivity contribution is 7.87. The fourth-order valence-corrected chi connectivity index (χ4v) is 1.06. The van der Waals surface area contributed by atoms with E-state index in [9.17, 15) is 21.6 Å². The summed E-state index contributed by atoms with van der Waals surface area (Å²) in [6.07, 6.45) is 5.70. The van der Waals surface area contributed by atoms with Gasteiger partial charge >= 0.3 is 15.6 Å². The van der Waals surface area contributed by atoms with Gasteiger partial charge in [-0.2, -0.15) is 21.6 Å². The first kappa shape index (κ1) is 19.3. The zero-order chi connectivity index (χ0) is 14.8. The lowest BCUT2D eigenvalue weighted by Crippen LogP contribution is -2.26. The van der Waals surface area contributed by atoms with Crippen molar-refractivity contribution in [1.29, 1.82) is 0 Å². The van der Waals surface area contributed by atoms with E-state index in [1.807, 2.05) is 13.8 Å². The Morgan fingerprint density at radius 2 is 1.83 bits per heavy atom. The van der Waals surface area contributed by atoms with Gasteiger partial charge in [0.2, 0.25) is 0 Å². The summed E-state index contributed by atoms with van der Waals surface area (Å²) in [4.78, 5) is 0. The number of allylic oxidation sites excluding steroid dienone is 3. The van der Waals surface area contributed by atoms with Crippen LogP contribution in [0, 0.1) is 0 Å². The molecule has 0 amide bonds. The molecule has 0 spiro atoms. The summed E-state index contributed by atoms with van der Waals surface area (Å²) in [7, 11) is -5.53. The van der Waals surface area contributed by atoms with Gasteiger partial charge in [-0.15, -0.1) is 0 Å². The normalized spacial score (nSPS) is 13.1. The van der Waals surface area contributed by atoms with Crippen molar-refractivity contribution in [3.8, 4) is 0 Å². The fourth-order valence-electron chi connectivity index (χ4n) is 0.632. The van der Waals surface area contributed by atoms with Crippen molar-refractivity contribution in [2.24, 2.45) is 0 Å². The van der Waals surface area contributed by atoms with Gasteiger partial charge in [0.15, 0.2) is 0 Å². The minimum Gasteiger partial charge on any atom is -0.258 e. The molecule has 0 saturated heterocycles. The molecule has 0 radical (unpaired) electrons. The van der Waals surface area contributed by atoms with E-state index < -0.39 is 22.2 Å². The Kier molecular flexibility index (Phi) is 9.56. The van der Waals surface area contributed by atoms with E-state index in [1.165, 1.54) is 24.3 Å². The first-order chi connectivity index (χ1) is 8.24. The van der Waals surface area contributed by atoms with Crippen LogP contribution in [-0.4, -0.2) is 20.5 Å². The molecule has 0 heterocycles. The topological polar surface area (TPSA) is 43.4 Å². The van der Waals surface area contributed by atoms with Gasteiger partial charge in [0.05, 0.1) is 6.61 Å². The van der Waals surface area contributed by atoms with Crippen LogP contribution >= 0.6 is 0 Å². The summed E-state index contributed by atoms with van der Waals surface area (Å²) in [6, 6.07) is 0. The molecule has 0 aliphatic rings. The number of halogens is 3. The summed E-state index contributed by atoms with van der Waals surface area (Å²) in [5.74, 6) is 0. The number of alkyl halides is 3. The monoisotopic (exact) mass is 286 g/mol. The predicted octanol–water partition coefficient (Wildman–Crippen LogP) is 3.57. The van der Waals surface area contributed by atoms with E-state index in [0.717, 1.165) is 0 Å². The van der Waals surface area contributed by atoms with Gasteiger partial charge in [-0.05, 0) is 12.5 Å². The Labute approximate surface area is 106 Å². The van der Waals surface area contributed by atoms with Crippen molar-refractivity contribution < 1.29 is 25.8 Å². The molecule has 0 saturated carbocycles. The lowest BCUT2D eigenvalue weighted by molar-refractivity contribution is -0.0536. The molecule has 0 rings (SSSR count). The van der Waals surface area contributed by atoms with Crippen molar-refractivity contribution in [3.63, 3.8) is 0 Å². The predicted molar refractivity (Wildman–Crippen MR) is 65.4 cm³/mol. The quantitative estimate of drug-likeness (QED) is 0.441. The third kappa shape index (κ3) is 7.29. The number of hydrogen-bond acceptors (Lipinski definition) is 3. The molecule has 0 unspecified atom stereocenters. The average Bonchev–Trinajstić information content (AvgIpc) is 2.30. The molecular formula is C11H17F3O3S. The van der Waals surface area contributed by atoms with Crippen LogP contribution < -0.4 is 0 Å². The van der Waals surface area contributed by atoms with Crippen LogP contribution in [0.4, 0.5) is 13.2 Å². The summed E-state index contributed by atoms with van der Waals surface area (Å²) in [6.45, 7) is 8.25. The molecule has 0 atom stereocenters. The van der Waals surface area contributed by atoms with E-state index in [2.05, 4.69) is 10.8 Å². The largest absolute Gasteiger partial charge is 0.523 e. The molecule has 18 heavy (non-hydrogen) atoms. The highest BCUT2D eigenvalue weighted by Gasteiger charge is 2.47. The van der Waals surface area contributed by atoms with Crippen LogP contribution in [0.5, 0.6) is 0 Å². The van der Waals surface area contributed by atoms with Gasteiger partial charge in [-0.1, -0.05) is 44.7 Å². The average molecular weight is 286 g/mol. The molecular weight excluding hydrogens is 269 g/mol. The molecule has 0 aliphatic heterocycles. The molecule has 0 aromatic heterocycles. The van der Waals surface area contributed by atoms with Crippen molar-refractivity contribution in [1.82, 2.24) is 0 Å². The van der Waals surface area contributed by atoms with E-state index >= 15 is 0 Å². The Morgan fingerprint density at radius 1 is 1.33 bits per heavy atom. The molecule has 0 bridgehead atoms. The lowest BCUT2D eigenvalue weighted by Gasteiger charge is -2.08. The van der Waals surface area contributed by atoms with Gasteiger partial charge in [0.1, 0.15) is 0 Å². The first-order valence-corrected chi connectivity index (χ1v) is 6.55. The second-order valence-electron chi connectivity index (χ2n) is 2.62. The summed E-state index contributed by atoms with van der Waals surface area (Å²) >= 11 is 0. The minimum atomic E-state index is -5.53. The van der Waals surface area contributed by atoms with Crippen molar-refractivity contribution in [2.45, 2.75) is 26.3 Å².